The molecule has 0 rings (SSSR count). The van der Waals surface area contributed by atoms with Crippen LogP contribution in [0.3, 0.4) is 0 Å². The Morgan fingerprint density at radius 1 is 0.529 bits per heavy atom. The minimum absolute atomic E-state index is 0. The van der Waals surface area contributed by atoms with Gasteiger partial charge in [-0.1, -0.05) is 0 Å². The van der Waals surface area contributed by atoms with Gasteiger partial charge >= 0.3 is 114 Å². The molecule has 33 heteroatoms. The Labute approximate surface area is 289 Å². The summed E-state index contributed by atoms with van der Waals surface area (Å²) < 4.78 is 326. The summed E-state index contributed by atoms with van der Waals surface area (Å²) in [5.41, 5.74) is 0. The molecular formula is C18H9F24NaO7S. The van der Waals surface area contributed by atoms with E-state index in [4.69, 9.17) is 0 Å². The maximum atomic E-state index is 13.8. The maximum absolute atomic E-state index is 13.8. The molecule has 0 bridgehead atoms. The first kappa shape index (κ1) is 51.6. The van der Waals surface area contributed by atoms with Crippen LogP contribution in [0.5, 0.6) is 0 Å². The summed E-state index contributed by atoms with van der Waals surface area (Å²) in [5, 5.41) is 9.20. The molecule has 0 saturated heterocycles. The van der Waals surface area contributed by atoms with E-state index in [9.17, 15) is 120 Å². The quantitative estimate of drug-likeness (QED) is 0.0459. The van der Waals surface area contributed by atoms with Gasteiger partial charge in [0.05, 0.1) is 6.42 Å². The minimum Gasteiger partial charge on any atom is -0.691 e. The Morgan fingerprint density at radius 2 is 0.843 bits per heavy atom. The van der Waals surface area contributed by atoms with Crippen molar-refractivity contribution in [3.63, 3.8) is 0 Å². The molecule has 0 heterocycles. The maximum Gasteiger partial charge on any atom is 1.00 e. The van der Waals surface area contributed by atoms with Crippen molar-refractivity contribution in [3.8, 4) is 0 Å². The van der Waals surface area contributed by atoms with Gasteiger partial charge in [0, 0.05) is 12.0 Å². The van der Waals surface area contributed by atoms with E-state index in [1.54, 1.807) is 0 Å². The number of hydrogen-bond acceptors (Lipinski definition) is 8. The molecule has 1 unspecified atom stereocenters. The topological polar surface area (TPSA) is 94.1 Å². The molecule has 1 atom stereocenters. The normalized spacial score (nSPS) is 15.5. The van der Waals surface area contributed by atoms with Crippen LogP contribution in [-0.2, 0) is 28.4 Å². The summed E-state index contributed by atoms with van der Waals surface area (Å²) in [6.45, 7) is -7.36. The number of ether oxygens (including phenoxy) is 2. The van der Waals surface area contributed by atoms with E-state index in [-0.39, 0.29) is 29.6 Å². The third kappa shape index (κ3) is 9.24. The zero-order valence-corrected chi connectivity index (χ0v) is 26.0. The first-order chi connectivity index (χ1) is 21.8. The standard InChI is InChI=1S/C18H10F24O7S.Na/c19-7(20)11(27,28)15(35,36)17(39,40)13(31,32)9(23,24)2-46-5(43)1-4(50-49-48-45)6(44)47-3-10(25,26)14(33,34)18(41,42)16(37,38)12(29,30)8(21)22;/h4,7-8,45H,1-3H2;/q;+1/p-1. The van der Waals surface area contributed by atoms with Gasteiger partial charge in [-0.25, -0.2) is 17.6 Å². The molecule has 0 N–H and O–H groups in total. The third-order valence-electron chi connectivity index (χ3n) is 5.49. The SMILES string of the molecule is O=C(CC(SOO[O-])C(=O)OCC(F)(F)C(F)(F)C(F)(F)C(F)(F)C(F)(F)C(F)F)OCC(F)(F)C(F)(F)C(F)(F)C(F)(F)C(F)(F)C(F)F.[Na+]. The van der Waals surface area contributed by atoms with Crippen LogP contribution in [0.1, 0.15) is 6.42 Å². The number of rotatable bonds is 20. The molecule has 298 valence electrons. The van der Waals surface area contributed by atoms with Crippen LogP contribution in [-0.4, -0.2) is 102 Å². The average molecular weight is 848 g/mol. The van der Waals surface area contributed by atoms with E-state index >= 15 is 0 Å². The van der Waals surface area contributed by atoms with Crippen LogP contribution in [0.4, 0.5) is 105 Å². The molecule has 0 fully saturated rings. The molecular weight excluding hydrogens is 839 g/mol. The van der Waals surface area contributed by atoms with Crippen LogP contribution in [0.2, 0.25) is 0 Å². The van der Waals surface area contributed by atoms with Crippen molar-refractivity contribution < 1.29 is 169 Å². The van der Waals surface area contributed by atoms with E-state index in [0.29, 0.717) is 0 Å². The van der Waals surface area contributed by atoms with Crippen molar-refractivity contribution in [1.82, 2.24) is 0 Å². The predicted octanol–water partition coefficient (Wildman–Crippen LogP) is 3.59. The van der Waals surface area contributed by atoms with Crippen molar-refractivity contribution in [3.05, 3.63) is 0 Å². The fourth-order valence-electron chi connectivity index (χ4n) is 2.58. The predicted molar refractivity (Wildman–Crippen MR) is 102 cm³/mol. The smallest absolute Gasteiger partial charge is 0.691 e. The van der Waals surface area contributed by atoms with E-state index < -0.39 is 121 Å². The Morgan fingerprint density at radius 3 is 1.14 bits per heavy atom. The molecule has 0 amide bonds. The molecule has 51 heavy (non-hydrogen) atoms. The van der Waals surface area contributed by atoms with Gasteiger partial charge in [0.15, 0.2) is 13.2 Å². The van der Waals surface area contributed by atoms with Gasteiger partial charge in [0.1, 0.15) is 5.25 Å². The number of alkyl halides is 24. The minimum atomic E-state index is -8.14. The summed E-state index contributed by atoms with van der Waals surface area (Å²) in [7, 11) is 0. The van der Waals surface area contributed by atoms with Crippen molar-refractivity contribution in [1.29, 1.82) is 0 Å². The number of esters is 2. The first-order valence-corrected chi connectivity index (χ1v) is 11.9. The van der Waals surface area contributed by atoms with Gasteiger partial charge in [0.2, 0.25) is 0 Å². The molecule has 0 aromatic rings. The fourth-order valence-corrected chi connectivity index (χ4v) is 3.06. The van der Waals surface area contributed by atoms with Crippen LogP contribution in [0, 0.1) is 0 Å². The second-order valence-corrected chi connectivity index (χ2v) is 9.79. The summed E-state index contributed by atoms with van der Waals surface area (Å²) >= 11 is -1.12. The Kier molecular flexibility index (Phi) is 16.7. The second kappa shape index (κ2) is 16.5. The van der Waals surface area contributed by atoms with Gasteiger partial charge in [0.25, 0.3) is 0 Å². The van der Waals surface area contributed by atoms with Crippen molar-refractivity contribution in [2.75, 3.05) is 13.2 Å². The van der Waals surface area contributed by atoms with Crippen molar-refractivity contribution >= 4 is 24.0 Å². The molecule has 0 radical (unpaired) electrons. The zero-order chi connectivity index (χ0) is 40.5. The summed E-state index contributed by atoms with van der Waals surface area (Å²) in [6, 6.07) is 0. The molecule has 7 nitrogen and oxygen atoms in total. The van der Waals surface area contributed by atoms with Gasteiger partial charge in [-0.05, 0) is 0 Å². The van der Waals surface area contributed by atoms with E-state index in [1.807, 2.05) is 0 Å². The van der Waals surface area contributed by atoms with Crippen LogP contribution >= 0.6 is 12.0 Å². The third-order valence-corrected chi connectivity index (χ3v) is 6.22. The largest absolute Gasteiger partial charge is 1.00 e. The number of carbonyl (C=O) groups is 2. The molecule has 0 aliphatic carbocycles. The molecule has 0 spiro atoms. The van der Waals surface area contributed by atoms with Crippen LogP contribution < -0.4 is 34.8 Å². The molecule has 0 aromatic carbocycles. The Bertz CT molecular complexity index is 1190. The molecule has 0 saturated carbocycles. The first-order valence-electron chi connectivity index (χ1n) is 11.1. The van der Waals surface area contributed by atoms with Gasteiger partial charge in [-0.15, -0.1) is 0 Å². The van der Waals surface area contributed by atoms with Gasteiger partial charge in [-0.2, -0.15) is 92.1 Å². The van der Waals surface area contributed by atoms with E-state index in [0.717, 1.165) is 0 Å². The number of halogens is 24. The van der Waals surface area contributed by atoms with Crippen LogP contribution in [0.25, 0.3) is 0 Å². The monoisotopic (exact) mass is 848 g/mol. The van der Waals surface area contributed by atoms with Crippen molar-refractivity contribution in [2.45, 2.75) is 83.7 Å². The summed E-state index contributed by atoms with van der Waals surface area (Å²) in [5.74, 6) is -82.6. The summed E-state index contributed by atoms with van der Waals surface area (Å²) in [6.07, 6.45) is -14.1. The molecule has 0 aliphatic heterocycles. The van der Waals surface area contributed by atoms with E-state index in [1.165, 1.54) is 0 Å². The van der Waals surface area contributed by atoms with E-state index in [2.05, 4.69) is 18.8 Å². The second-order valence-electron chi connectivity index (χ2n) is 8.90. The molecule has 0 aromatic heterocycles. The number of hydrogen-bond donors (Lipinski definition) is 0. The average Bonchev–Trinajstić information content (AvgIpc) is 2.95. The number of carbonyl (C=O) groups excluding carboxylic acids is 2. The fraction of sp³-hybridized carbons (Fsp3) is 0.889. The summed E-state index contributed by atoms with van der Waals surface area (Å²) in [4.78, 5) is 23.4. The Balaban J connectivity index is 0. The van der Waals surface area contributed by atoms with Gasteiger partial charge in [-0.3, -0.25) is 14.6 Å². The van der Waals surface area contributed by atoms with Crippen LogP contribution in [0.15, 0.2) is 0 Å². The van der Waals surface area contributed by atoms with Crippen molar-refractivity contribution in [2.24, 2.45) is 0 Å². The molecule has 0 aliphatic rings. The zero-order valence-electron chi connectivity index (χ0n) is 23.2. The Hall–Kier alpha value is -1.51. The van der Waals surface area contributed by atoms with Gasteiger partial charge < -0.3 is 14.7 Å².